The maximum absolute atomic E-state index is 14.1. The molecular formula is C11H10BrFN2O3. The first-order valence-corrected chi connectivity index (χ1v) is 5.70. The molecule has 0 atom stereocenters. The van der Waals surface area contributed by atoms with Crippen LogP contribution in [0, 0.1) is 5.82 Å². The second kappa shape index (κ2) is 4.85. The topological polar surface area (TPSA) is 70.5 Å². The average molecular weight is 317 g/mol. The molecule has 18 heavy (non-hydrogen) atoms. The third kappa shape index (κ3) is 2.01. The Kier molecular flexibility index (Phi) is 3.42. The van der Waals surface area contributed by atoms with Crippen molar-refractivity contribution in [2.45, 2.75) is 0 Å². The molecule has 96 valence electrons. The molecule has 0 unspecified atom stereocenters. The Balaban J connectivity index is 2.68. The van der Waals surface area contributed by atoms with Crippen LogP contribution in [0.2, 0.25) is 0 Å². The Morgan fingerprint density at radius 1 is 1.28 bits per heavy atom. The van der Waals surface area contributed by atoms with E-state index in [2.05, 4.69) is 21.1 Å². The van der Waals surface area contributed by atoms with Gasteiger partial charge in [0.25, 0.3) is 0 Å². The van der Waals surface area contributed by atoms with Gasteiger partial charge in [-0.25, -0.2) is 0 Å². The van der Waals surface area contributed by atoms with Gasteiger partial charge < -0.3 is 19.7 Å². The SMILES string of the molecule is COc1c(Br)cc(-c2cc(N)no2)c(OC)c1F. The molecule has 0 spiro atoms. The van der Waals surface area contributed by atoms with Crippen molar-refractivity contribution in [3.8, 4) is 22.8 Å². The molecule has 0 bridgehead atoms. The van der Waals surface area contributed by atoms with Gasteiger partial charge in [-0.1, -0.05) is 5.16 Å². The average Bonchev–Trinajstić information content (AvgIpc) is 2.75. The monoisotopic (exact) mass is 316 g/mol. The summed E-state index contributed by atoms with van der Waals surface area (Å²) in [6, 6.07) is 3.09. The van der Waals surface area contributed by atoms with Crippen LogP contribution < -0.4 is 15.2 Å². The third-order valence-corrected chi connectivity index (χ3v) is 2.92. The highest BCUT2D eigenvalue weighted by Gasteiger charge is 2.22. The first kappa shape index (κ1) is 12.7. The summed E-state index contributed by atoms with van der Waals surface area (Å²) in [5.74, 6) is -0.0420. The van der Waals surface area contributed by atoms with Gasteiger partial charge in [0, 0.05) is 6.07 Å². The molecule has 0 aliphatic carbocycles. The summed E-state index contributed by atoms with van der Waals surface area (Å²) in [7, 11) is 2.73. The fourth-order valence-corrected chi connectivity index (χ4v) is 2.13. The van der Waals surface area contributed by atoms with Crippen molar-refractivity contribution in [2.75, 3.05) is 20.0 Å². The second-order valence-electron chi connectivity index (χ2n) is 3.40. The Morgan fingerprint density at radius 2 is 1.94 bits per heavy atom. The normalized spacial score (nSPS) is 10.4. The lowest BCUT2D eigenvalue weighted by molar-refractivity contribution is 0.348. The lowest BCUT2D eigenvalue weighted by Gasteiger charge is -2.12. The predicted octanol–water partition coefficient (Wildman–Crippen LogP) is 2.84. The van der Waals surface area contributed by atoms with Gasteiger partial charge in [0.05, 0.1) is 24.3 Å². The Morgan fingerprint density at radius 3 is 2.44 bits per heavy atom. The zero-order valence-corrected chi connectivity index (χ0v) is 11.2. The number of rotatable bonds is 3. The molecule has 0 aliphatic heterocycles. The predicted molar refractivity (Wildman–Crippen MR) is 67.1 cm³/mol. The van der Waals surface area contributed by atoms with Gasteiger partial charge in [0.1, 0.15) is 0 Å². The van der Waals surface area contributed by atoms with Crippen molar-refractivity contribution < 1.29 is 18.4 Å². The number of ether oxygens (including phenoxy) is 2. The molecule has 1 heterocycles. The van der Waals surface area contributed by atoms with Crippen LogP contribution in [-0.2, 0) is 0 Å². The minimum absolute atomic E-state index is 0.00574. The summed E-state index contributed by atoms with van der Waals surface area (Å²) >= 11 is 3.21. The van der Waals surface area contributed by atoms with E-state index in [1.54, 1.807) is 6.07 Å². The summed E-state index contributed by atoms with van der Waals surface area (Å²) < 4.78 is 29.5. The Bertz CT molecular complexity index is 586. The number of methoxy groups -OCH3 is 2. The highest BCUT2D eigenvalue weighted by atomic mass is 79.9. The zero-order valence-electron chi connectivity index (χ0n) is 9.66. The maximum atomic E-state index is 14.1. The summed E-state index contributed by atoms with van der Waals surface area (Å²) in [4.78, 5) is 0. The van der Waals surface area contributed by atoms with Crippen LogP contribution in [0.4, 0.5) is 10.2 Å². The van der Waals surface area contributed by atoms with Crippen molar-refractivity contribution in [1.82, 2.24) is 5.16 Å². The number of benzene rings is 1. The second-order valence-corrected chi connectivity index (χ2v) is 4.26. The molecule has 7 heteroatoms. The van der Waals surface area contributed by atoms with Crippen LogP contribution in [0.15, 0.2) is 21.1 Å². The van der Waals surface area contributed by atoms with Crippen LogP contribution in [0.25, 0.3) is 11.3 Å². The van der Waals surface area contributed by atoms with E-state index >= 15 is 0 Å². The minimum atomic E-state index is -0.626. The molecule has 1 aromatic heterocycles. The summed E-state index contributed by atoms with van der Waals surface area (Å²) in [5, 5.41) is 3.55. The third-order valence-electron chi connectivity index (χ3n) is 2.33. The molecule has 2 rings (SSSR count). The number of nitrogens with two attached hydrogens (primary N) is 1. The standard InChI is InChI=1S/C11H10BrFN2O3/c1-16-10-5(7-4-8(14)15-18-7)3-6(12)11(17-2)9(10)13/h3-4H,1-2H3,(H2,14,15). The van der Waals surface area contributed by atoms with Gasteiger partial charge in [0.2, 0.25) is 5.82 Å². The minimum Gasteiger partial charge on any atom is -0.493 e. The lowest BCUT2D eigenvalue weighted by atomic mass is 10.1. The smallest absolute Gasteiger partial charge is 0.208 e. The van der Waals surface area contributed by atoms with Crippen molar-refractivity contribution in [3.05, 3.63) is 22.4 Å². The van der Waals surface area contributed by atoms with Gasteiger partial charge in [-0.15, -0.1) is 0 Å². The van der Waals surface area contributed by atoms with Crippen molar-refractivity contribution in [3.63, 3.8) is 0 Å². The molecule has 0 radical (unpaired) electrons. The summed E-state index contributed by atoms with van der Waals surface area (Å²) in [5.41, 5.74) is 5.86. The van der Waals surface area contributed by atoms with E-state index < -0.39 is 5.82 Å². The van der Waals surface area contributed by atoms with Gasteiger partial charge in [-0.3, -0.25) is 0 Å². The number of hydrogen-bond acceptors (Lipinski definition) is 5. The van der Waals surface area contributed by atoms with Crippen molar-refractivity contribution in [1.29, 1.82) is 0 Å². The number of nitrogens with zero attached hydrogens (tertiary/aromatic N) is 1. The molecule has 2 N–H and O–H groups in total. The largest absolute Gasteiger partial charge is 0.493 e. The zero-order chi connectivity index (χ0) is 13.3. The molecule has 2 aromatic rings. The number of anilines is 1. The molecule has 0 saturated heterocycles. The Labute approximate surface area is 111 Å². The Hall–Kier alpha value is -1.76. The van der Waals surface area contributed by atoms with Gasteiger partial charge in [0.15, 0.2) is 23.1 Å². The summed E-state index contributed by atoms with van der Waals surface area (Å²) in [6.07, 6.45) is 0. The van der Waals surface area contributed by atoms with E-state index in [0.29, 0.717) is 15.8 Å². The fraction of sp³-hybridized carbons (Fsp3) is 0.182. The maximum Gasteiger partial charge on any atom is 0.208 e. The van der Waals surface area contributed by atoms with Crippen LogP contribution in [-0.4, -0.2) is 19.4 Å². The first-order valence-electron chi connectivity index (χ1n) is 4.91. The van der Waals surface area contributed by atoms with E-state index in [1.807, 2.05) is 0 Å². The van der Waals surface area contributed by atoms with Crippen LogP contribution in [0.1, 0.15) is 0 Å². The van der Waals surface area contributed by atoms with Crippen molar-refractivity contribution >= 4 is 21.7 Å². The van der Waals surface area contributed by atoms with E-state index in [4.69, 9.17) is 19.7 Å². The lowest BCUT2D eigenvalue weighted by Crippen LogP contribution is -1.97. The van der Waals surface area contributed by atoms with Gasteiger partial charge in [-0.05, 0) is 22.0 Å². The molecule has 0 amide bonds. The van der Waals surface area contributed by atoms with E-state index in [0.717, 1.165) is 0 Å². The highest BCUT2D eigenvalue weighted by Crippen LogP contribution is 2.42. The molecule has 0 fully saturated rings. The van der Waals surface area contributed by atoms with E-state index in [9.17, 15) is 4.39 Å². The molecule has 1 aromatic carbocycles. The van der Waals surface area contributed by atoms with Gasteiger partial charge in [-0.2, -0.15) is 4.39 Å². The van der Waals surface area contributed by atoms with Crippen LogP contribution >= 0.6 is 15.9 Å². The molecule has 5 nitrogen and oxygen atoms in total. The number of halogens is 2. The number of hydrogen-bond donors (Lipinski definition) is 1. The van der Waals surface area contributed by atoms with E-state index in [-0.39, 0.29) is 17.3 Å². The van der Waals surface area contributed by atoms with Crippen LogP contribution in [0.3, 0.4) is 0 Å². The van der Waals surface area contributed by atoms with Crippen molar-refractivity contribution in [2.24, 2.45) is 0 Å². The summed E-state index contributed by atoms with van der Waals surface area (Å²) in [6.45, 7) is 0. The molecular weight excluding hydrogens is 307 g/mol. The fourth-order valence-electron chi connectivity index (χ4n) is 1.57. The molecule has 0 aliphatic rings. The molecule has 0 saturated carbocycles. The number of nitrogen functional groups attached to an aromatic ring is 1. The first-order chi connectivity index (χ1) is 8.58. The van der Waals surface area contributed by atoms with Gasteiger partial charge >= 0.3 is 0 Å². The quantitative estimate of drug-likeness (QED) is 0.942. The number of aromatic nitrogens is 1. The van der Waals surface area contributed by atoms with Crippen LogP contribution in [0.5, 0.6) is 11.5 Å². The van der Waals surface area contributed by atoms with E-state index in [1.165, 1.54) is 20.3 Å². The highest BCUT2D eigenvalue weighted by molar-refractivity contribution is 9.10.